The Bertz CT molecular complexity index is 786. The third kappa shape index (κ3) is 2.33. The van der Waals surface area contributed by atoms with E-state index < -0.39 is 0 Å². The van der Waals surface area contributed by atoms with E-state index >= 15 is 0 Å². The molecule has 3 aromatic heterocycles. The van der Waals surface area contributed by atoms with Crippen molar-refractivity contribution in [2.75, 3.05) is 18.4 Å². The van der Waals surface area contributed by atoms with Crippen LogP contribution in [0.1, 0.15) is 18.7 Å². The monoisotopic (exact) mass is 298 g/mol. The van der Waals surface area contributed by atoms with Gasteiger partial charge in [-0.15, -0.1) is 0 Å². The summed E-state index contributed by atoms with van der Waals surface area (Å²) in [6.45, 7) is 3.85. The van der Waals surface area contributed by atoms with Gasteiger partial charge in [-0.1, -0.05) is 5.16 Å². The standard InChI is InChI=1S/C15H18N6O/c1-9-19-15(22-21-9)12-8-18-14-11(4-6-17-14)13(12)20-10-3-2-5-16-7-10/h4,6,8,10,16H,2-3,5,7H2,1H3,(H2,17,18,20). The van der Waals surface area contributed by atoms with E-state index in [4.69, 9.17) is 4.52 Å². The van der Waals surface area contributed by atoms with Gasteiger partial charge in [-0.3, -0.25) is 0 Å². The van der Waals surface area contributed by atoms with E-state index in [1.54, 1.807) is 6.20 Å². The summed E-state index contributed by atoms with van der Waals surface area (Å²) in [6.07, 6.45) is 5.99. The molecule has 1 unspecified atom stereocenters. The highest BCUT2D eigenvalue weighted by atomic mass is 16.5. The van der Waals surface area contributed by atoms with Gasteiger partial charge in [0.05, 0.1) is 11.3 Å². The summed E-state index contributed by atoms with van der Waals surface area (Å²) in [5.41, 5.74) is 2.70. The second-order valence-electron chi connectivity index (χ2n) is 5.62. The second-order valence-corrected chi connectivity index (χ2v) is 5.62. The Balaban J connectivity index is 1.79. The molecule has 0 aromatic carbocycles. The fourth-order valence-electron chi connectivity index (χ4n) is 2.91. The molecule has 22 heavy (non-hydrogen) atoms. The Morgan fingerprint density at radius 2 is 2.36 bits per heavy atom. The van der Waals surface area contributed by atoms with Crippen molar-refractivity contribution in [1.82, 2.24) is 25.4 Å². The smallest absolute Gasteiger partial charge is 0.261 e. The molecule has 3 aromatic rings. The second kappa shape index (κ2) is 5.42. The summed E-state index contributed by atoms with van der Waals surface area (Å²) in [6, 6.07) is 2.41. The number of hydrogen-bond acceptors (Lipinski definition) is 6. The molecule has 0 radical (unpaired) electrons. The third-order valence-electron chi connectivity index (χ3n) is 3.99. The van der Waals surface area contributed by atoms with Crippen LogP contribution in [0.5, 0.6) is 0 Å². The summed E-state index contributed by atoms with van der Waals surface area (Å²) in [5, 5.41) is 12.0. The Labute approximate surface area is 127 Å². The molecule has 4 rings (SSSR count). The Morgan fingerprint density at radius 3 is 3.14 bits per heavy atom. The topological polar surface area (TPSA) is 91.7 Å². The van der Waals surface area contributed by atoms with Crippen LogP contribution < -0.4 is 10.6 Å². The van der Waals surface area contributed by atoms with Crippen molar-refractivity contribution in [3.05, 3.63) is 24.3 Å². The van der Waals surface area contributed by atoms with E-state index in [1.807, 2.05) is 19.2 Å². The van der Waals surface area contributed by atoms with Crippen LogP contribution in [0.2, 0.25) is 0 Å². The van der Waals surface area contributed by atoms with Gasteiger partial charge < -0.3 is 20.1 Å². The first-order valence-corrected chi connectivity index (χ1v) is 7.55. The van der Waals surface area contributed by atoms with Gasteiger partial charge in [0.25, 0.3) is 5.89 Å². The largest absolute Gasteiger partial charge is 0.380 e. The highest BCUT2D eigenvalue weighted by Crippen LogP contribution is 2.33. The van der Waals surface area contributed by atoms with Crippen molar-refractivity contribution in [3.63, 3.8) is 0 Å². The fraction of sp³-hybridized carbons (Fsp3) is 0.400. The normalized spacial score (nSPS) is 18.7. The number of nitrogens with zero attached hydrogens (tertiary/aromatic N) is 3. The quantitative estimate of drug-likeness (QED) is 0.686. The molecule has 114 valence electrons. The molecule has 7 nitrogen and oxygen atoms in total. The lowest BCUT2D eigenvalue weighted by Gasteiger charge is -2.25. The minimum absolute atomic E-state index is 0.386. The van der Waals surface area contributed by atoms with Crippen LogP contribution in [0.3, 0.4) is 0 Å². The van der Waals surface area contributed by atoms with Gasteiger partial charge in [-0.25, -0.2) is 4.98 Å². The Morgan fingerprint density at radius 1 is 1.41 bits per heavy atom. The van der Waals surface area contributed by atoms with E-state index in [-0.39, 0.29) is 0 Å². The average Bonchev–Trinajstić information content (AvgIpc) is 3.17. The number of aromatic nitrogens is 4. The van der Waals surface area contributed by atoms with Crippen molar-refractivity contribution in [2.45, 2.75) is 25.8 Å². The molecule has 1 aliphatic rings. The maximum absolute atomic E-state index is 5.34. The zero-order chi connectivity index (χ0) is 14.9. The summed E-state index contributed by atoms with van der Waals surface area (Å²) in [7, 11) is 0. The van der Waals surface area contributed by atoms with Crippen molar-refractivity contribution in [1.29, 1.82) is 0 Å². The van der Waals surface area contributed by atoms with E-state index in [1.165, 1.54) is 6.42 Å². The summed E-state index contributed by atoms with van der Waals surface area (Å²) < 4.78 is 5.34. The maximum atomic E-state index is 5.34. The number of hydrogen-bond donors (Lipinski definition) is 3. The Hall–Kier alpha value is -2.41. The zero-order valence-electron chi connectivity index (χ0n) is 12.4. The van der Waals surface area contributed by atoms with Gasteiger partial charge in [-0.2, -0.15) is 4.98 Å². The fourth-order valence-corrected chi connectivity index (χ4v) is 2.91. The van der Waals surface area contributed by atoms with Crippen LogP contribution in [0.4, 0.5) is 5.69 Å². The van der Waals surface area contributed by atoms with Crippen LogP contribution in [0.15, 0.2) is 23.0 Å². The molecule has 3 N–H and O–H groups in total. The average molecular weight is 298 g/mol. The van der Waals surface area contributed by atoms with Crippen LogP contribution in [0, 0.1) is 6.92 Å². The number of pyridine rings is 1. The molecule has 4 heterocycles. The number of anilines is 1. The summed E-state index contributed by atoms with van der Waals surface area (Å²) in [4.78, 5) is 11.9. The van der Waals surface area contributed by atoms with Crippen LogP contribution >= 0.6 is 0 Å². The number of H-pyrrole nitrogens is 1. The highest BCUT2D eigenvalue weighted by molar-refractivity contribution is 5.97. The molecule has 0 aliphatic carbocycles. The number of fused-ring (bicyclic) bond motifs is 1. The SMILES string of the molecule is Cc1noc(-c2cnc3[nH]ccc3c2NC2CCCNC2)n1. The van der Waals surface area contributed by atoms with Crippen molar-refractivity contribution in [3.8, 4) is 11.5 Å². The molecule has 1 saturated heterocycles. The molecular weight excluding hydrogens is 280 g/mol. The maximum Gasteiger partial charge on any atom is 0.261 e. The van der Waals surface area contributed by atoms with Gasteiger partial charge in [0.2, 0.25) is 0 Å². The zero-order valence-corrected chi connectivity index (χ0v) is 12.4. The van der Waals surface area contributed by atoms with Crippen molar-refractivity contribution in [2.24, 2.45) is 0 Å². The number of nitrogens with one attached hydrogen (secondary N) is 3. The van der Waals surface area contributed by atoms with E-state index in [0.29, 0.717) is 17.8 Å². The van der Waals surface area contributed by atoms with Gasteiger partial charge >= 0.3 is 0 Å². The minimum Gasteiger partial charge on any atom is -0.380 e. The van der Waals surface area contributed by atoms with Gasteiger partial charge in [0.15, 0.2) is 5.82 Å². The predicted molar refractivity (Wildman–Crippen MR) is 83.6 cm³/mol. The predicted octanol–water partition coefficient (Wildman–Crippen LogP) is 2.09. The van der Waals surface area contributed by atoms with Gasteiger partial charge in [0, 0.05) is 30.4 Å². The van der Waals surface area contributed by atoms with Gasteiger partial charge in [0.1, 0.15) is 5.65 Å². The lowest BCUT2D eigenvalue weighted by atomic mass is 10.1. The summed E-state index contributed by atoms with van der Waals surface area (Å²) in [5.74, 6) is 1.12. The molecule has 0 amide bonds. The molecule has 1 atom stereocenters. The van der Waals surface area contributed by atoms with Crippen LogP contribution in [-0.4, -0.2) is 39.2 Å². The van der Waals surface area contributed by atoms with Crippen LogP contribution in [0.25, 0.3) is 22.5 Å². The first-order chi connectivity index (χ1) is 10.8. The molecular formula is C15H18N6O. The minimum atomic E-state index is 0.386. The van der Waals surface area contributed by atoms with Crippen molar-refractivity contribution < 1.29 is 4.52 Å². The molecule has 7 heteroatoms. The van der Waals surface area contributed by atoms with E-state index in [0.717, 1.165) is 41.8 Å². The number of piperidine rings is 1. The molecule has 0 saturated carbocycles. The van der Waals surface area contributed by atoms with E-state index in [2.05, 4.69) is 30.7 Å². The number of rotatable bonds is 3. The molecule has 0 spiro atoms. The summed E-state index contributed by atoms with van der Waals surface area (Å²) >= 11 is 0. The highest BCUT2D eigenvalue weighted by Gasteiger charge is 2.20. The molecule has 1 aliphatic heterocycles. The molecule has 0 bridgehead atoms. The van der Waals surface area contributed by atoms with E-state index in [9.17, 15) is 0 Å². The number of aromatic amines is 1. The Kier molecular flexibility index (Phi) is 3.27. The number of aryl methyl sites for hydroxylation is 1. The lowest BCUT2D eigenvalue weighted by Crippen LogP contribution is -2.38. The van der Waals surface area contributed by atoms with Crippen molar-refractivity contribution >= 4 is 16.7 Å². The lowest BCUT2D eigenvalue weighted by molar-refractivity contribution is 0.425. The molecule has 1 fully saturated rings. The third-order valence-corrected chi connectivity index (χ3v) is 3.99. The van der Waals surface area contributed by atoms with Crippen LogP contribution in [-0.2, 0) is 0 Å². The first-order valence-electron chi connectivity index (χ1n) is 7.55. The van der Waals surface area contributed by atoms with Gasteiger partial charge in [-0.05, 0) is 32.4 Å². The first kappa shape index (κ1) is 13.3.